The normalized spacial score (nSPS) is 16.9. The fourth-order valence-electron chi connectivity index (χ4n) is 2.99. The molecule has 0 aliphatic carbocycles. The van der Waals surface area contributed by atoms with Gasteiger partial charge in [0, 0.05) is 19.6 Å². The maximum atomic E-state index is 11.4. The van der Waals surface area contributed by atoms with E-state index >= 15 is 0 Å². The largest absolute Gasteiger partial charge is 0.480 e. The number of hydrogen-bond donors (Lipinski definition) is 2. The molecule has 2 rings (SSSR count). The van der Waals surface area contributed by atoms with Crippen LogP contribution in [-0.2, 0) is 24.3 Å². The van der Waals surface area contributed by atoms with Crippen LogP contribution in [0.2, 0.25) is 0 Å². The topological polar surface area (TPSA) is 52.6 Å². The summed E-state index contributed by atoms with van der Waals surface area (Å²) < 4.78 is 0. The number of rotatable bonds is 6. The molecule has 0 fully saturated rings. The minimum absolute atomic E-state index is 0.160. The third-order valence-corrected chi connectivity index (χ3v) is 4.51. The van der Waals surface area contributed by atoms with Crippen LogP contribution in [0.15, 0.2) is 18.2 Å². The molecule has 0 spiro atoms. The zero-order chi connectivity index (χ0) is 17.0. The summed E-state index contributed by atoms with van der Waals surface area (Å²) in [6, 6.07) is 6.06. The Morgan fingerprint density at radius 2 is 2.09 bits per heavy atom. The second kappa shape index (κ2) is 7.45. The first-order chi connectivity index (χ1) is 10.7. The molecule has 1 aliphatic heterocycles. The van der Waals surface area contributed by atoms with Gasteiger partial charge < -0.3 is 15.3 Å². The molecule has 128 valence electrons. The summed E-state index contributed by atoms with van der Waals surface area (Å²) in [5.74, 6) is -0.756. The summed E-state index contributed by atoms with van der Waals surface area (Å²) in [4.78, 5) is 13.8. The van der Waals surface area contributed by atoms with Crippen LogP contribution in [0.1, 0.15) is 50.3 Å². The van der Waals surface area contributed by atoms with Gasteiger partial charge >= 0.3 is 5.97 Å². The highest BCUT2D eigenvalue weighted by Crippen LogP contribution is 2.22. The van der Waals surface area contributed by atoms with Crippen molar-refractivity contribution < 1.29 is 9.90 Å². The van der Waals surface area contributed by atoms with Crippen molar-refractivity contribution in [1.82, 2.24) is 10.2 Å². The van der Waals surface area contributed by atoms with E-state index in [-0.39, 0.29) is 5.41 Å². The van der Waals surface area contributed by atoms with Gasteiger partial charge in [0.15, 0.2) is 0 Å². The molecule has 2 N–H and O–H groups in total. The first kappa shape index (κ1) is 18.0. The van der Waals surface area contributed by atoms with E-state index in [9.17, 15) is 9.90 Å². The molecule has 0 saturated heterocycles. The first-order valence-electron chi connectivity index (χ1n) is 8.50. The lowest BCUT2D eigenvalue weighted by molar-refractivity contribution is -0.139. The molecule has 1 atom stereocenters. The van der Waals surface area contributed by atoms with Gasteiger partial charge in [-0.05, 0) is 48.4 Å². The van der Waals surface area contributed by atoms with E-state index in [2.05, 4.69) is 56.2 Å². The van der Waals surface area contributed by atoms with Crippen LogP contribution in [0, 0.1) is 5.41 Å². The van der Waals surface area contributed by atoms with E-state index in [0.29, 0.717) is 13.0 Å². The van der Waals surface area contributed by atoms with Gasteiger partial charge in [-0.15, -0.1) is 0 Å². The summed E-state index contributed by atoms with van der Waals surface area (Å²) in [5.41, 5.74) is 4.14. The summed E-state index contributed by atoms with van der Waals surface area (Å²) in [6.45, 7) is 9.15. The van der Waals surface area contributed by atoms with Crippen LogP contribution < -0.4 is 5.32 Å². The third kappa shape index (κ3) is 5.63. The lowest BCUT2D eigenvalue weighted by Crippen LogP contribution is -2.37. The van der Waals surface area contributed by atoms with Crippen molar-refractivity contribution in [2.45, 2.75) is 59.2 Å². The molecule has 1 aliphatic rings. The van der Waals surface area contributed by atoms with Crippen LogP contribution in [0.5, 0.6) is 0 Å². The SMILES string of the molecule is CN1CCc2cc(CNC(CCC(C)(C)C)C(=O)O)ccc2C1. The van der Waals surface area contributed by atoms with Crippen molar-refractivity contribution in [1.29, 1.82) is 0 Å². The zero-order valence-electron chi connectivity index (χ0n) is 14.9. The predicted molar refractivity (Wildman–Crippen MR) is 93.4 cm³/mol. The van der Waals surface area contributed by atoms with Crippen LogP contribution in [0.4, 0.5) is 0 Å². The number of aliphatic carboxylic acids is 1. The summed E-state index contributed by atoms with van der Waals surface area (Å²) in [7, 11) is 2.14. The van der Waals surface area contributed by atoms with E-state index in [4.69, 9.17) is 0 Å². The molecule has 0 aromatic heterocycles. The number of carboxylic acids is 1. The van der Waals surface area contributed by atoms with Gasteiger partial charge in [0.25, 0.3) is 0 Å². The quantitative estimate of drug-likeness (QED) is 0.846. The molecule has 1 heterocycles. The van der Waals surface area contributed by atoms with Crippen molar-refractivity contribution >= 4 is 5.97 Å². The van der Waals surface area contributed by atoms with Crippen LogP contribution >= 0.6 is 0 Å². The highest BCUT2D eigenvalue weighted by Gasteiger charge is 2.21. The van der Waals surface area contributed by atoms with Gasteiger partial charge in [-0.2, -0.15) is 0 Å². The Hall–Kier alpha value is -1.39. The van der Waals surface area contributed by atoms with E-state index in [1.807, 2.05) is 0 Å². The predicted octanol–water partition coefficient (Wildman–Crippen LogP) is 3.04. The Labute approximate surface area is 139 Å². The average molecular weight is 318 g/mol. The minimum atomic E-state index is -0.756. The van der Waals surface area contributed by atoms with E-state index in [0.717, 1.165) is 25.9 Å². The van der Waals surface area contributed by atoms with Crippen molar-refractivity contribution in [3.63, 3.8) is 0 Å². The molecular weight excluding hydrogens is 288 g/mol. The highest BCUT2D eigenvalue weighted by molar-refractivity contribution is 5.73. The second-order valence-corrected chi connectivity index (χ2v) is 7.96. The standard InChI is InChI=1S/C19H30N2O2/c1-19(2,3)9-7-17(18(22)23)20-12-14-5-6-16-13-21(4)10-8-15(16)11-14/h5-6,11,17,20H,7-10,12-13H2,1-4H3,(H,22,23). The number of nitrogens with zero attached hydrogens (tertiary/aromatic N) is 1. The molecule has 0 amide bonds. The first-order valence-corrected chi connectivity index (χ1v) is 8.50. The maximum Gasteiger partial charge on any atom is 0.320 e. The molecule has 1 unspecified atom stereocenters. The van der Waals surface area contributed by atoms with Gasteiger partial charge in [-0.3, -0.25) is 4.79 Å². The highest BCUT2D eigenvalue weighted by atomic mass is 16.4. The average Bonchev–Trinajstić information content (AvgIpc) is 2.45. The molecular formula is C19H30N2O2. The zero-order valence-corrected chi connectivity index (χ0v) is 14.9. The lowest BCUT2D eigenvalue weighted by Gasteiger charge is -2.25. The van der Waals surface area contributed by atoms with Crippen molar-refractivity contribution in [2.24, 2.45) is 5.41 Å². The van der Waals surface area contributed by atoms with Crippen LogP contribution in [0.25, 0.3) is 0 Å². The molecule has 1 aromatic rings. The Morgan fingerprint density at radius 1 is 1.35 bits per heavy atom. The Kier molecular flexibility index (Phi) is 5.82. The van der Waals surface area contributed by atoms with Gasteiger partial charge in [0.2, 0.25) is 0 Å². The number of hydrogen-bond acceptors (Lipinski definition) is 3. The second-order valence-electron chi connectivity index (χ2n) is 7.96. The van der Waals surface area contributed by atoms with Gasteiger partial charge in [-0.1, -0.05) is 39.0 Å². The van der Waals surface area contributed by atoms with Crippen molar-refractivity contribution in [3.8, 4) is 0 Å². The van der Waals surface area contributed by atoms with Crippen LogP contribution in [-0.4, -0.2) is 35.6 Å². The molecule has 1 aromatic carbocycles. The molecule has 0 saturated carbocycles. The molecule has 4 heteroatoms. The maximum absolute atomic E-state index is 11.4. The van der Waals surface area contributed by atoms with E-state index in [1.165, 1.54) is 16.7 Å². The smallest absolute Gasteiger partial charge is 0.320 e. The Morgan fingerprint density at radius 3 is 2.74 bits per heavy atom. The van der Waals surface area contributed by atoms with Crippen molar-refractivity contribution in [3.05, 3.63) is 34.9 Å². The summed E-state index contributed by atoms with van der Waals surface area (Å²) in [6.07, 6.45) is 2.63. The number of carboxylic acid groups (broad SMARTS) is 1. The molecule has 0 radical (unpaired) electrons. The van der Waals surface area contributed by atoms with Gasteiger partial charge in [0.1, 0.15) is 6.04 Å². The van der Waals surface area contributed by atoms with Crippen molar-refractivity contribution in [2.75, 3.05) is 13.6 Å². The Balaban J connectivity index is 1.94. The van der Waals surface area contributed by atoms with E-state index in [1.54, 1.807) is 0 Å². The number of fused-ring (bicyclic) bond motifs is 1. The lowest BCUT2D eigenvalue weighted by atomic mass is 9.88. The monoisotopic (exact) mass is 318 g/mol. The molecule has 23 heavy (non-hydrogen) atoms. The fourth-order valence-corrected chi connectivity index (χ4v) is 2.99. The number of carbonyl (C=O) groups is 1. The van der Waals surface area contributed by atoms with E-state index < -0.39 is 12.0 Å². The Bertz CT molecular complexity index is 549. The summed E-state index contributed by atoms with van der Waals surface area (Å²) >= 11 is 0. The minimum Gasteiger partial charge on any atom is -0.480 e. The summed E-state index contributed by atoms with van der Waals surface area (Å²) in [5, 5.41) is 12.6. The number of benzene rings is 1. The third-order valence-electron chi connectivity index (χ3n) is 4.51. The molecule has 4 nitrogen and oxygen atoms in total. The fraction of sp³-hybridized carbons (Fsp3) is 0.632. The molecule has 0 bridgehead atoms. The number of likely N-dealkylation sites (N-methyl/N-ethyl adjacent to an activating group) is 1. The number of nitrogens with one attached hydrogen (secondary N) is 1. The van der Waals surface area contributed by atoms with Crippen LogP contribution in [0.3, 0.4) is 0 Å². The van der Waals surface area contributed by atoms with Gasteiger partial charge in [-0.25, -0.2) is 0 Å². The van der Waals surface area contributed by atoms with Gasteiger partial charge in [0.05, 0.1) is 0 Å².